The maximum Gasteiger partial charge on any atom is 0.232 e. The SMILES string of the molecule is COc1cccc(C2CC(=O)N(c3ccc(F)c(Cl)c3)C3=C2C(=O)CC(C)(C)C3)c1. The van der Waals surface area contributed by atoms with Crippen molar-refractivity contribution in [3.8, 4) is 5.75 Å². The summed E-state index contributed by atoms with van der Waals surface area (Å²) in [7, 11) is 1.59. The molecule has 0 radical (unpaired) electrons. The Morgan fingerprint density at radius 1 is 1.13 bits per heavy atom. The fourth-order valence-corrected chi connectivity index (χ4v) is 4.66. The van der Waals surface area contributed by atoms with Gasteiger partial charge in [0.05, 0.1) is 17.8 Å². The van der Waals surface area contributed by atoms with Crippen LogP contribution in [0.2, 0.25) is 5.02 Å². The zero-order chi connectivity index (χ0) is 21.6. The fraction of sp³-hybridized carbons (Fsp3) is 0.333. The number of allylic oxidation sites excluding steroid dienone is 2. The van der Waals surface area contributed by atoms with Crippen LogP contribution < -0.4 is 9.64 Å². The molecule has 1 aliphatic carbocycles. The number of carbonyl (C=O) groups excluding carboxylic acids is 2. The molecule has 6 heteroatoms. The number of halogens is 2. The molecule has 4 rings (SSSR count). The van der Waals surface area contributed by atoms with Crippen molar-refractivity contribution in [3.63, 3.8) is 0 Å². The molecule has 0 spiro atoms. The lowest BCUT2D eigenvalue weighted by atomic mass is 9.69. The van der Waals surface area contributed by atoms with E-state index in [2.05, 4.69) is 0 Å². The third-order valence-corrected chi connectivity index (χ3v) is 6.09. The second-order valence-electron chi connectivity index (χ2n) is 8.66. The number of amides is 1. The van der Waals surface area contributed by atoms with E-state index >= 15 is 0 Å². The molecule has 0 bridgehead atoms. The largest absolute Gasteiger partial charge is 0.497 e. The van der Waals surface area contributed by atoms with E-state index in [9.17, 15) is 14.0 Å². The lowest BCUT2D eigenvalue weighted by Gasteiger charge is -2.43. The minimum Gasteiger partial charge on any atom is -0.497 e. The fourth-order valence-electron chi connectivity index (χ4n) is 4.48. The first-order valence-electron chi connectivity index (χ1n) is 9.88. The summed E-state index contributed by atoms with van der Waals surface area (Å²) in [6.07, 6.45) is 1.13. The summed E-state index contributed by atoms with van der Waals surface area (Å²) in [4.78, 5) is 28.1. The molecular formula is C24H23ClFNO3. The van der Waals surface area contributed by atoms with E-state index in [0.717, 1.165) is 5.56 Å². The molecule has 0 N–H and O–H groups in total. The van der Waals surface area contributed by atoms with Gasteiger partial charge in [0, 0.05) is 30.0 Å². The van der Waals surface area contributed by atoms with Crippen molar-refractivity contribution in [2.45, 2.75) is 39.0 Å². The van der Waals surface area contributed by atoms with E-state index in [1.807, 2.05) is 38.1 Å². The Kier molecular flexibility index (Phi) is 5.18. The first-order valence-corrected chi connectivity index (χ1v) is 10.3. The lowest BCUT2D eigenvalue weighted by Crippen LogP contribution is -2.43. The minimum atomic E-state index is -0.548. The standard InChI is InChI=1S/C24H23ClFNO3/c1-24(2)12-20-23(21(28)13-24)17(14-5-4-6-16(9-14)30-3)11-22(29)27(20)15-7-8-19(26)18(25)10-15/h4-10,17H,11-13H2,1-3H3. The van der Waals surface area contributed by atoms with E-state index in [1.165, 1.54) is 18.2 Å². The van der Waals surface area contributed by atoms with Crippen LogP contribution in [0.25, 0.3) is 0 Å². The van der Waals surface area contributed by atoms with Crippen molar-refractivity contribution in [2.75, 3.05) is 12.0 Å². The average molecular weight is 428 g/mol. The van der Waals surface area contributed by atoms with Gasteiger partial charge in [0.1, 0.15) is 11.6 Å². The highest BCUT2D eigenvalue weighted by Gasteiger charge is 2.44. The number of ketones is 1. The number of Topliss-reactive ketones (excluding diaryl/α,β-unsaturated/α-hetero) is 1. The van der Waals surface area contributed by atoms with E-state index in [-0.39, 0.29) is 34.5 Å². The van der Waals surface area contributed by atoms with Gasteiger partial charge in [-0.05, 0) is 47.7 Å². The smallest absolute Gasteiger partial charge is 0.232 e. The summed E-state index contributed by atoms with van der Waals surface area (Å²) >= 11 is 5.99. The van der Waals surface area contributed by atoms with E-state index in [0.29, 0.717) is 35.5 Å². The predicted molar refractivity (Wildman–Crippen MR) is 114 cm³/mol. The van der Waals surface area contributed by atoms with Gasteiger partial charge in [0.15, 0.2) is 5.78 Å². The molecule has 2 aromatic carbocycles. The maximum atomic E-state index is 13.7. The number of rotatable bonds is 3. The molecule has 0 saturated carbocycles. The van der Waals surface area contributed by atoms with Crippen LogP contribution in [0.3, 0.4) is 0 Å². The van der Waals surface area contributed by atoms with Crippen LogP contribution in [0.15, 0.2) is 53.7 Å². The van der Waals surface area contributed by atoms with E-state index < -0.39 is 5.82 Å². The third kappa shape index (κ3) is 3.63. The average Bonchev–Trinajstić information content (AvgIpc) is 2.68. The van der Waals surface area contributed by atoms with Crippen LogP contribution in [0, 0.1) is 11.2 Å². The first-order chi connectivity index (χ1) is 14.2. The van der Waals surface area contributed by atoms with E-state index in [4.69, 9.17) is 16.3 Å². The number of hydrogen-bond donors (Lipinski definition) is 0. The van der Waals surface area contributed by atoms with Gasteiger partial charge in [-0.3, -0.25) is 14.5 Å². The Bertz CT molecular complexity index is 1080. The van der Waals surface area contributed by atoms with Crippen molar-refractivity contribution in [1.29, 1.82) is 0 Å². The monoisotopic (exact) mass is 427 g/mol. The van der Waals surface area contributed by atoms with Crippen LogP contribution in [-0.2, 0) is 9.59 Å². The highest BCUT2D eigenvalue weighted by molar-refractivity contribution is 6.31. The number of anilines is 1. The third-order valence-electron chi connectivity index (χ3n) is 5.80. The molecule has 30 heavy (non-hydrogen) atoms. The first kappa shape index (κ1) is 20.6. The molecule has 4 nitrogen and oxygen atoms in total. The van der Waals surface area contributed by atoms with Crippen molar-refractivity contribution < 1.29 is 18.7 Å². The summed E-state index contributed by atoms with van der Waals surface area (Å²) in [5.74, 6) is -0.306. The number of ether oxygens (including phenoxy) is 1. The number of nitrogens with zero attached hydrogens (tertiary/aromatic N) is 1. The molecule has 0 saturated heterocycles. The zero-order valence-corrected chi connectivity index (χ0v) is 17.9. The van der Waals surface area contributed by atoms with Crippen molar-refractivity contribution >= 4 is 29.0 Å². The Labute approximate surface area is 180 Å². The van der Waals surface area contributed by atoms with Crippen LogP contribution in [0.5, 0.6) is 5.75 Å². The Morgan fingerprint density at radius 2 is 1.90 bits per heavy atom. The second kappa shape index (κ2) is 7.55. The highest BCUT2D eigenvalue weighted by atomic mass is 35.5. The Hall–Kier alpha value is -2.66. The molecular weight excluding hydrogens is 405 g/mol. The van der Waals surface area contributed by atoms with Gasteiger partial charge in [-0.15, -0.1) is 0 Å². The van der Waals surface area contributed by atoms with Crippen LogP contribution >= 0.6 is 11.6 Å². The second-order valence-corrected chi connectivity index (χ2v) is 9.07. The van der Waals surface area contributed by atoms with Gasteiger partial charge in [-0.25, -0.2) is 4.39 Å². The van der Waals surface area contributed by atoms with Crippen molar-refractivity contribution in [1.82, 2.24) is 0 Å². The Morgan fingerprint density at radius 3 is 2.60 bits per heavy atom. The van der Waals surface area contributed by atoms with Gasteiger partial charge in [0.25, 0.3) is 0 Å². The summed E-state index contributed by atoms with van der Waals surface area (Å²) in [5.41, 5.74) is 2.41. The molecule has 0 aromatic heterocycles. The molecule has 0 fully saturated rings. The number of hydrogen-bond acceptors (Lipinski definition) is 3. The quantitative estimate of drug-likeness (QED) is 0.635. The van der Waals surface area contributed by atoms with Gasteiger partial charge in [-0.1, -0.05) is 37.6 Å². The Balaban J connectivity index is 1.90. The van der Waals surface area contributed by atoms with E-state index in [1.54, 1.807) is 12.0 Å². The van der Waals surface area contributed by atoms with Gasteiger partial charge in [0.2, 0.25) is 5.91 Å². The van der Waals surface area contributed by atoms with Gasteiger partial charge < -0.3 is 4.74 Å². The van der Waals surface area contributed by atoms with Gasteiger partial charge >= 0.3 is 0 Å². The summed E-state index contributed by atoms with van der Waals surface area (Å²) in [6.45, 7) is 4.04. The van der Waals surface area contributed by atoms with Crippen LogP contribution in [0.4, 0.5) is 10.1 Å². The maximum absolute atomic E-state index is 13.7. The molecule has 156 valence electrons. The number of methoxy groups -OCH3 is 1. The lowest BCUT2D eigenvalue weighted by molar-refractivity contribution is -0.121. The number of benzene rings is 2. The normalized spacial score (nSPS) is 21.0. The van der Waals surface area contributed by atoms with Crippen LogP contribution in [-0.4, -0.2) is 18.8 Å². The number of carbonyl (C=O) groups is 2. The molecule has 1 aliphatic heterocycles. The molecule has 1 heterocycles. The molecule has 1 atom stereocenters. The zero-order valence-electron chi connectivity index (χ0n) is 17.2. The van der Waals surface area contributed by atoms with Crippen LogP contribution in [0.1, 0.15) is 44.6 Å². The topological polar surface area (TPSA) is 46.6 Å². The minimum absolute atomic E-state index is 0.0415. The summed E-state index contributed by atoms with van der Waals surface area (Å²) in [6, 6.07) is 11.7. The highest BCUT2D eigenvalue weighted by Crippen LogP contribution is 2.48. The molecule has 1 amide bonds. The van der Waals surface area contributed by atoms with Crippen molar-refractivity contribution in [2.24, 2.45) is 5.41 Å². The molecule has 2 aliphatic rings. The van der Waals surface area contributed by atoms with Gasteiger partial charge in [-0.2, -0.15) is 0 Å². The molecule has 1 unspecified atom stereocenters. The summed E-state index contributed by atoms with van der Waals surface area (Å²) in [5, 5.41) is -0.0567. The predicted octanol–water partition coefficient (Wildman–Crippen LogP) is 5.65. The summed E-state index contributed by atoms with van der Waals surface area (Å²) < 4.78 is 19.1. The molecule has 2 aromatic rings. The van der Waals surface area contributed by atoms with Crippen molar-refractivity contribution in [3.05, 3.63) is 70.1 Å².